The number of rotatable bonds is 5. The summed E-state index contributed by atoms with van der Waals surface area (Å²) in [6.07, 6.45) is 2.26. The van der Waals surface area contributed by atoms with Gasteiger partial charge in [-0.15, -0.1) is 0 Å². The van der Waals surface area contributed by atoms with Crippen LogP contribution in [0.15, 0.2) is 65.6 Å². The van der Waals surface area contributed by atoms with E-state index >= 15 is 0 Å². The Morgan fingerprint density at radius 1 is 0.833 bits per heavy atom. The SMILES string of the molecule is O=C(C1CCCCN1S(=O)(=O)c1ccccc1)N1CCN(Cc2ccccc2)CC1. The second kappa shape index (κ2) is 9.29. The fourth-order valence-electron chi connectivity index (χ4n) is 4.35. The molecule has 1 unspecified atom stereocenters. The molecular weight excluding hydrogens is 398 g/mol. The number of hydrogen-bond acceptors (Lipinski definition) is 4. The molecule has 1 atom stereocenters. The summed E-state index contributed by atoms with van der Waals surface area (Å²) >= 11 is 0. The molecule has 160 valence electrons. The minimum Gasteiger partial charge on any atom is -0.339 e. The molecule has 4 rings (SSSR count). The normalized spacial score (nSPS) is 21.5. The third kappa shape index (κ3) is 4.58. The van der Waals surface area contributed by atoms with Crippen molar-refractivity contribution < 1.29 is 13.2 Å². The smallest absolute Gasteiger partial charge is 0.243 e. The molecule has 6 nitrogen and oxygen atoms in total. The highest BCUT2D eigenvalue weighted by Crippen LogP contribution is 2.27. The van der Waals surface area contributed by atoms with Gasteiger partial charge in [-0.1, -0.05) is 55.0 Å². The van der Waals surface area contributed by atoms with E-state index in [1.165, 1.54) is 9.87 Å². The van der Waals surface area contributed by atoms with E-state index in [0.29, 0.717) is 26.1 Å². The molecule has 0 N–H and O–H groups in total. The van der Waals surface area contributed by atoms with Crippen molar-refractivity contribution in [2.45, 2.75) is 36.7 Å². The van der Waals surface area contributed by atoms with E-state index in [2.05, 4.69) is 17.0 Å². The van der Waals surface area contributed by atoms with E-state index in [9.17, 15) is 13.2 Å². The summed E-state index contributed by atoms with van der Waals surface area (Å²) in [6.45, 7) is 4.17. The molecular formula is C23H29N3O3S. The van der Waals surface area contributed by atoms with Crippen molar-refractivity contribution in [3.63, 3.8) is 0 Å². The topological polar surface area (TPSA) is 60.9 Å². The molecule has 2 aliphatic rings. The van der Waals surface area contributed by atoms with E-state index in [1.807, 2.05) is 23.1 Å². The van der Waals surface area contributed by atoms with Gasteiger partial charge in [0.25, 0.3) is 0 Å². The predicted molar refractivity (Wildman–Crippen MR) is 116 cm³/mol. The van der Waals surface area contributed by atoms with Gasteiger partial charge in [0.2, 0.25) is 15.9 Å². The zero-order chi connectivity index (χ0) is 21.0. The minimum absolute atomic E-state index is 0.0476. The fourth-order valence-corrected chi connectivity index (χ4v) is 6.02. The molecule has 2 fully saturated rings. The molecule has 0 radical (unpaired) electrons. The van der Waals surface area contributed by atoms with Crippen LogP contribution in [0.1, 0.15) is 24.8 Å². The maximum Gasteiger partial charge on any atom is 0.243 e. The summed E-state index contributed by atoms with van der Waals surface area (Å²) in [5.41, 5.74) is 1.27. The summed E-state index contributed by atoms with van der Waals surface area (Å²) in [4.78, 5) is 17.8. The molecule has 2 aromatic rings. The number of piperazine rings is 1. The first kappa shape index (κ1) is 21.0. The van der Waals surface area contributed by atoms with Crippen molar-refractivity contribution in [2.75, 3.05) is 32.7 Å². The molecule has 2 aliphatic heterocycles. The quantitative estimate of drug-likeness (QED) is 0.736. The van der Waals surface area contributed by atoms with Crippen molar-refractivity contribution in [2.24, 2.45) is 0 Å². The van der Waals surface area contributed by atoms with E-state index in [4.69, 9.17) is 0 Å². The third-order valence-electron chi connectivity index (χ3n) is 6.02. The van der Waals surface area contributed by atoms with Crippen LogP contribution < -0.4 is 0 Å². The van der Waals surface area contributed by atoms with Gasteiger partial charge in [-0.25, -0.2) is 8.42 Å². The molecule has 0 bridgehead atoms. The lowest BCUT2D eigenvalue weighted by atomic mass is 10.0. The third-order valence-corrected chi connectivity index (χ3v) is 7.94. The van der Waals surface area contributed by atoms with Crippen LogP contribution in [-0.2, 0) is 21.4 Å². The van der Waals surface area contributed by atoms with E-state index < -0.39 is 16.1 Å². The van der Waals surface area contributed by atoms with Gasteiger partial charge in [-0.2, -0.15) is 4.31 Å². The van der Waals surface area contributed by atoms with Crippen LogP contribution in [0.2, 0.25) is 0 Å². The summed E-state index contributed by atoms with van der Waals surface area (Å²) < 4.78 is 27.8. The van der Waals surface area contributed by atoms with Crippen LogP contribution in [0.3, 0.4) is 0 Å². The number of carbonyl (C=O) groups is 1. The second-order valence-electron chi connectivity index (χ2n) is 8.03. The van der Waals surface area contributed by atoms with Crippen molar-refractivity contribution in [1.82, 2.24) is 14.1 Å². The Labute approximate surface area is 179 Å². The monoisotopic (exact) mass is 427 g/mol. The molecule has 2 aromatic carbocycles. The molecule has 7 heteroatoms. The first-order valence-corrected chi connectivity index (χ1v) is 12.1. The lowest BCUT2D eigenvalue weighted by Crippen LogP contribution is -2.56. The van der Waals surface area contributed by atoms with Crippen LogP contribution in [0.4, 0.5) is 0 Å². The van der Waals surface area contributed by atoms with Gasteiger partial charge in [-0.05, 0) is 30.5 Å². The number of sulfonamides is 1. The standard InChI is InChI=1S/C23H29N3O3S/c27-23(25-17-15-24(16-18-25)19-20-9-3-1-4-10-20)22-13-7-8-14-26(22)30(28,29)21-11-5-2-6-12-21/h1-6,9-12,22H,7-8,13-19H2. The van der Waals surface area contributed by atoms with Gasteiger partial charge in [0.05, 0.1) is 4.90 Å². The average Bonchev–Trinajstić information content (AvgIpc) is 2.80. The fraction of sp³-hybridized carbons (Fsp3) is 0.435. The zero-order valence-corrected chi connectivity index (χ0v) is 18.0. The molecule has 0 aromatic heterocycles. The number of nitrogens with zero attached hydrogens (tertiary/aromatic N) is 3. The molecule has 2 saturated heterocycles. The first-order valence-electron chi connectivity index (χ1n) is 10.7. The van der Waals surface area contributed by atoms with Gasteiger partial charge < -0.3 is 4.90 Å². The largest absolute Gasteiger partial charge is 0.339 e. The zero-order valence-electron chi connectivity index (χ0n) is 17.2. The summed E-state index contributed by atoms with van der Waals surface area (Å²) in [5.74, 6) is -0.0476. The highest BCUT2D eigenvalue weighted by Gasteiger charge is 2.39. The number of carbonyl (C=O) groups excluding carboxylic acids is 1. The Balaban J connectivity index is 1.42. The molecule has 30 heavy (non-hydrogen) atoms. The average molecular weight is 428 g/mol. The molecule has 1 amide bonds. The van der Waals surface area contributed by atoms with Crippen LogP contribution in [0.5, 0.6) is 0 Å². The number of piperidine rings is 1. The van der Waals surface area contributed by atoms with Gasteiger partial charge in [0.15, 0.2) is 0 Å². The summed E-state index contributed by atoms with van der Waals surface area (Å²) in [5, 5.41) is 0. The maximum atomic E-state index is 13.3. The lowest BCUT2D eigenvalue weighted by molar-refractivity contribution is -0.138. The highest BCUT2D eigenvalue weighted by molar-refractivity contribution is 7.89. The van der Waals surface area contributed by atoms with E-state index in [-0.39, 0.29) is 10.8 Å². The maximum absolute atomic E-state index is 13.3. The summed E-state index contributed by atoms with van der Waals surface area (Å²) in [7, 11) is -3.67. The van der Waals surface area contributed by atoms with Crippen molar-refractivity contribution in [3.05, 3.63) is 66.2 Å². The minimum atomic E-state index is -3.67. The number of amides is 1. The highest BCUT2D eigenvalue weighted by atomic mass is 32.2. The van der Waals surface area contributed by atoms with Gasteiger partial charge in [-0.3, -0.25) is 9.69 Å². The van der Waals surface area contributed by atoms with Crippen molar-refractivity contribution in [3.8, 4) is 0 Å². The summed E-state index contributed by atoms with van der Waals surface area (Å²) in [6, 6.07) is 18.2. The lowest BCUT2D eigenvalue weighted by Gasteiger charge is -2.40. The second-order valence-corrected chi connectivity index (χ2v) is 9.92. The van der Waals surface area contributed by atoms with E-state index in [1.54, 1.807) is 30.3 Å². The Bertz CT molecular complexity index is 942. The molecule has 0 saturated carbocycles. The van der Waals surface area contributed by atoms with E-state index in [0.717, 1.165) is 32.5 Å². The first-order chi connectivity index (χ1) is 14.6. The van der Waals surface area contributed by atoms with Gasteiger partial charge >= 0.3 is 0 Å². The van der Waals surface area contributed by atoms with Crippen LogP contribution in [0, 0.1) is 0 Å². The van der Waals surface area contributed by atoms with Crippen molar-refractivity contribution in [1.29, 1.82) is 0 Å². The van der Waals surface area contributed by atoms with Crippen molar-refractivity contribution >= 4 is 15.9 Å². The Hall–Kier alpha value is -2.22. The van der Waals surface area contributed by atoms with Gasteiger partial charge in [0.1, 0.15) is 6.04 Å². The number of benzene rings is 2. The molecule has 0 aliphatic carbocycles. The van der Waals surface area contributed by atoms with Crippen LogP contribution in [-0.4, -0.2) is 67.2 Å². The Kier molecular flexibility index (Phi) is 6.51. The Morgan fingerprint density at radius 3 is 2.13 bits per heavy atom. The number of hydrogen-bond donors (Lipinski definition) is 0. The Morgan fingerprint density at radius 2 is 1.47 bits per heavy atom. The molecule has 2 heterocycles. The molecule has 0 spiro atoms. The van der Waals surface area contributed by atoms with Gasteiger partial charge in [0, 0.05) is 39.3 Å². The van der Waals surface area contributed by atoms with Crippen LogP contribution >= 0.6 is 0 Å². The van der Waals surface area contributed by atoms with Crippen LogP contribution in [0.25, 0.3) is 0 Å². The predicted octanol–water partition coefficient (Wildman–Crippen LogP) is 2.57.